The largest absolute Gasteiger partial charge is 0.480 e. The van der Waals surface area contributed by atoms with Crippen LogP contribution < -0.4 is 10.6 Å². The summed E-state index contributed by atoms with van der Waals surface area (Å²) < 4.78 is 0.813. The molecule has 92 valence electrons. The molecule has 0 aliphatic rings. The number of rotatable bonds is 5. The summed E-state index contributed by atoms with van der Waals surface area (Å²) in [6.45, 7) is 1.39. The summed E-state index contributed by atoms with van der Waals surface area (Å²) in [7, 11) is 0. The molecule has 0 bridgehead atoms. The fourth-order valence-electron chi connectivity index (χ4n) is 0.970. The highest BCUT2D eigenvalue weighted by molar-refractivity contribution is 9.10. The van der Waals surface area contributed by atoms with Crippen LogP contribution in [0.25, 0.3) is 0 Å². The van der Waals surface area contributed by atoms with Gasteiger partial charge in [-0.05, 0) is 35.0 Å². The van der Waals surface area contributed by atoms with Crippen LogP contribution in [0.2, 0.25) is 0 Å². The normalized spacial score (nSPS) is 11.9. The highest BCUT2D eigenvalue weighted by atomic mass is 79.9. The Kier molecular flexibility index (Phi) is 5.05. The van der Waals surface area contributed by atoms with Crippen molar-refractivity contribution in [3.63, 3.8) is 0 Å². The summed E-state index contributed by atoms with van der Waals surface area (Å²) in [6.07, 6.45) is 1.56. The monoisotopic (exact) mass is 301 g/mol. The summed E-state index contributed by atoms with van der Waals surface area (Å²) in [5.41, 5.74) is 0. The van der Waals surface area contributed by atoms with Gasteiger partial charge in [-0.1, -0.05) is 0 Å². The molecule has 1 amide bonds. The zero-order chi connectivity index (χ0) is 12.8. The number of nitrogens with one attached hydrogen (secondary N) is 2. The van der Waals surface area contributed by atoms with Crippen molar-refractivity contribution < 1.29 is 14.7 Å². The van der Waals surface area contributed by atoms with Crippen LogP contribution in [-0.2, 0) is 9.59 Å². The number of amides is 1. The molecule has 0 aliphatic carbocycles. The number of carbonyl (C=O) groups is 2. The van der Waals surface area contributed by atoms with Gasteiger partial charge in [0.2, 0.25) is 5.91 Å². The highest BCUT2D eigenvalue weighted by Gasteiger charge is 2.11. The summed E-state index contributed by atoms with van der Waals surface area (Å²) in [6, 6.07) is 2.62. The number of aromatic nitrogens is 1. The van der Waals surface area contributed by atoms with E-state index in [4.69, 9.17) is 5.11 Å². The fourth-order valence-corrected chi connectivity index (χ4v) is 1.20. The Morgan fingerprint density at radius 2 is 2.24 bits per heavy atom. The van der Waals surface area contributed by atoms with E-state index in [1.165, 1.54) is 6.92 Å². The molecule has 3 N–H and O–H groups in total. The molecule has 7 heteroatoms. The average Bonchev–Trinajstić information content (AvgIpc) is 2.29. The third kappa shape index (κ3) is 4.92. The molecule has 1 aromatic heterocycles. The number of carbonyl (C=O) groups excluding carboxylic acids is 1. The molecular formula is C10H12BrN3O3. The minimum absolute atomic E-state index is 0.0782. The molecule has 1 heterocycles. The predicted octanol–water partition coefficient (Wildman–Crippen LogP) is 0.845. The van der Waals surface area contributed by atoms with Crippen LogP contribution in [0, 0.1) is 0 Å². The lowest BCUT2D eigenvalue weighted by atomic mass is 10.3. The zero-order valence-electron chi connectivity index (χ0n) is 9.11. The number of hydrogen-bond acceptors (Lipinski definition) is 4. The standard InChI is InChI=1S/C10H12BrN3O3/c1-6(10(16)17)12-5-9(15)14-8-3-2-7(11)4-13-8/h2-4,6,12H,5H2,1H3,(H,16,17)(H,13,14,15). The SMILES string of the molecule is CC(NCC(=O)Nc1ccc(Br)cn1)C(=O)O. The number of carboxylic acids is 1. The molecule has 0 radical (unpaired) electrons. The van der Waals surface area contributed by atoms with Gasteiger partial charge in [0.1, 0.15) is 11.9 Å². The van der Waals surface area contributed by atoms with Crippen molar-refractivity contribution in [1.82, 2.24) is 10.3 Å². The van der Waals surface area contributed by atoms with Crippen molar-refractivity contribution in [3.05, 3.63) is 22.8 Å². The van der Waals surface area contributed by atoms with E-state index in [9.17, 15) is 9.59 Å². The minimum Gasteiger partial charge on any atom is -0.480 e. The molecule has 0 saturated carbocycles. The number of carboxylic acid groups (broad SMARTS) is 1. The molecule has 1 aromatic rings. The van der Waals surface area contributed by atoms with Crippen LogP contribution in [0.4, 0.5) is 5.82 Å². The number of aliphatic carboxylic acids is 1. The van der Waals surface area contributed by atoms with Crippen molar-refractivity contribution in [2.75, 3.05) is 11.9 Å². The van der Waals surface area contributed by atoms with E-state index in [1.807, 2.05) is 0 Å². The first-order valence-corrected chi connectivity index (χ1v) is 5.66. The van der Waals surface area contributed by atoms with E-state index in [0.29, 0.717) is 5.82 Å². The van der Waals surface area contributed by atoms with Gasteiger partial charge in [0.05, 0.1) is 6.54 Å². The Hall–Kier alpha value is -1.47. The Balaban J connectivity index is 2.39. The topological polar surface area (TPSA) is 91.3 Å². The maximum atomic E-state index is 11.4. The van der Waals surface area contributed by atoms with Gasteiger partial charge in [0.25, 0.3) is 0 Å². The van der Waals surface area contributed by atoms with Crippen molar-refractivity contribution in [1.29, 1.82) is 0 Å². The first-order chi connectivity index (χ1) is 7.99. The van der Waals surface area contributed by atoms with Crippen molar-refractivity contribution in [2.45, 2.75) is 13.0 Å². The maximum absolute atomic E-state index is 11.4. The molecule has 6 nitrogen and oxygen atoms in total. The lowest BCUT2D eigenvalue weighted by Crippen LogP contribution is -2.39. The Bertz CT molecular complexity index is 408. The second-order valence-electron chi connectivity index (χ2n) is 3.35. The van der Waals surface area contributed by atoms with Gasteiger partial charge in [-0.15, -0.1) is 0 Å². The highest BCUT2D eigenvalue weighted by Crippen LogP contribution is 2.09. The summed E-state index contributed by atoms with van der Waals surface area (Å²) >= 11 is 3.22. The minimum atomic E-state index is -1.00. The van der Waals surface area contributed by atoms with Gasteiger partial charge in [-0.3, -0.25) is 14.9 Å². The molecule has 1 unspecified atom stereocenters. The average molecular weight is 302 g/mol. The van der Waals surface area contributed by atoms with Crippen LogP contribution in [-0.4, -0.2) is 34.6 Å². The van der Waals surface area contributed by atoms with Crippen LogP contribution in [0.15, 0.2) is 22.8 Å². The first kappa shape index (κ1) is 13.6. The van der Waals surface area contributed by atoms with Gasteiger partial charge in [0, 0.05) is 10.7 Å². The van der Waals surface area contributed by atoms with Gasteiger partial charge in [0.15, 0.2) is 0 Å². The number of nitrogens with zero attached hydrogens (tertiary/aromatic N) is 1. The molecule has 0 spiro atoms. The van der Waals surface area contributed by atoms with E-state index < -0.39 is 12.0 Å². The van der Waals surface area contributed by atoms with Crippen molar-refractivity contribution in [3.8, 4) is 0 Å². The molecular weight excluding hydrogens is 290 g/mol. The third-order valence-electron chi connectivity index (χ3n) is 1.93. The number of anilines is 1. The zero-order valence-corrected chi connectivity index (χ0v) is 10.7. The quantitative estimate of drug-likeness (QED) is 0.750. The lowest BCUT2D eigenvalue weighted by molar-refractivity contribution is -0.139. The molecule has 1 atom stereocenters. The number of halogens is 1. The van der Waals surface area contributed by atoms with Gasteiger partial charge >= 0.3 is 5.97 Å². The second-order valence-corrected chi connectivity index (χ2v) is 4.27. The molecule has 0 aliphatic heterocycles. The van der Waals surface area contributed by atoms with E-state index in [-0.39, 0.29) is 12.5 Å². The first-order valence-electron chi connectivity index (χ1n) is 4.86. The molecule has 1 rings (SSSR count). The Morgan fingerprint density at radius 1 is 1.53 bits per heavy atom. The van der Waals surface area contributed by atoms with Crippen molar-refractivity contribution in [2.24, 2.45) is 0 Å². The fraction of sp³-hybridized carbons (Fsp3) is 0.300. The number of pyridine rings is 1. The Labute approximate surface area is 107 Å². The van der Waals surface area contributed by atoms with Crippen LogP contribution in [0.5, 0.6) is 0 Å². The Morgan fingerprint density at radius 3 is 2.76 bits per heavy atom. The summed E-state index contributed by atoms with van der Waals surface area (Å²) in [5, 5.41) is 13.7. The molecule has 0 fully saturated rings. The van der Waals surface area contributed by atoms with Crippen LogP contribution in [0.3, 0.4) is 0 Å². The van der Waals surface area contributed by atoms with Gasteiger partial charge in [-0.2, -0.15) is 0 Å². The summed E-state index contributed by atoms with van der Waals surface area (Å²) in [4.78, 5) is 25.9. The van der Waals surface area contributed by atoms with Gasteiger partial charge in [-0.25, -0.2) is 4.98 Å². The van der Waals surface area contributed by atoms with Gasteiger partial charge < -0.3 is 10.4 Å². The third-order valence-corrected chi connectivity index (χ3v) is 2.40. The van der Waals surface area contributed by atoms with E-state index >= 15 is 0 Å². The number of hydrogen-bond donors (Lipinski definition) is 3. The van der Waals surface area contributed by atoms with E-state index in [1.54, 1.807) is 18.3 Å². The maximum Gasteiger partial charge on any atom is 0.320 e. The molecule has 0 aromatic carbocycles. The molecule has 17 heavy (non-hydrogen) atoms. The van der Waals surface area contributed by atoms with E-state index in [0.717, 1.165) is 4.47 Å². The van der Waals surface area contributed by atoms with Crippen molar-refractivity contribution >= 4 is 33.6 Å². The predicted molar refractivity (Wildman–Crippen MR) is 65.7 cm³/mol. The molecule has 0 saturated heterocycles. The van der Waals surface area contributed by atoms with E-state index in [2.05, 4.69) is 31.5 Å². The van der Waals surface area contributed by atoms with Crippen LogP contribution >= 0.6 is 15.9 Å². The summed E-state index contributed by atoms with van der Waals surface area (Å²) in [5.74, 6) is -0.921. The van der Waals surface area contributed by atoms with Crippen LogP contribution in [0.1, 0.15) is 6.92 Å². The smallest absolute Gasteiger partial charge is 0.320 e. The second kappa shape index (κ2) is 6.31. The lowest BCUT2D eigenvalue weighted by Gasteiger charge is -2.09.